The number of amides is 1. The van der Waals surface area contributed by atoms with Gasteiger partial charge in [-0.05, 0) is 38.1 Å². The summed E-state index contributed by atoms with van der Waals surface area (Å²) in [6.07, 6.45) is -1.07. The highest BCUT2D eigenvalue weighted by atomic mass is 35.5. The number of aryl methyl sites for hydroxylation is 1. The number of carbonyl (C=O) groups is 2. The molecule has 2 aromatic carbocycles. The number of nitrogens with zero attached hydrogens (tertiary/aromatic N) is 2. The first kappa shape index (κ1) is 19.6. The number of ether oxygens (including phenoxy) is 1. The molecule has 0 saturated carbocycles. The summed E-state index contributed by atoms with van der Waals surface area (Å²) in [4.78, 5) is 37.4. The van der Waals surface area contributed by atoms with E-state index in [0.717, 1.165) is 0 Å². The molecule has 0 unspecified atom stereocenters. The van der Waals surface area contributed by atoms with Crippen LogP contribution in [0, 0.1) is 0 Å². The number of fused-ring (bicyclic) bond motifs is 1. The first-order valence-corrected chi connectivity index (χ1v) is 9.05. The second-order valence-electron chi connectivity index (χ2n) is 6.06. The predicted molar refractivity (Wildman–Crippen MR) is 107 cm³/mol. The predicted octanol–water partition coefficient (Wildman–Crippen LogP) is 3.25. The van der Waals surface area contributed by atoms with Gasteiger partial charge in [0.15, 0.2) is 11.8 Å². The lowest BCUT2D eigenvalue weighted by atomic mass is 10.1. The minimum absolute atomic E-state index is 0.0144. The molecule has 0 spiro atoms. The molecule has 0 fully saturated rings. The number of aromatic nitrogens is 2. The summed E-state index contributed by atoms with van der Waals surface area (Å²) in [5, 5.41) is 7.95. The van der Waals surface area contributed by atoms with Crippen molar-refractivity contribution in [1.29, 1.82) is 0 Å². The lowest BCUT2D eigenvalue weighted by Crippen LogP contribution is -2.31. The van der Waals surface area contributed by atoms with Gasteiger partial charge < -0.3 is 10.1 Å². The highest BCUT2D eigenvalue weighted by molar-refractivity contribution is 6.30. The van der Waals surface area contributed by atoms with Crippen molar-refractivity contribution >= 4 is 39.9 Å². The summed E-state index contributed by atoms with van der Waals surface area (Å²) in [5.74, 6) is -1.30. The Morgan fingerprint density at radius 3 is 2.57 bits per heavy atom. The van der Waals surface area contributed by atoms with E-state index in [1.807, 2.05) is 0 Å². The summed E-state index contributed by atoms with van der Waals surface area (Å²) in [6.45, 7) is 3.50. The van der Waals surface area contributed by atoms with Crippen LogP contribution in [0.1, 0.15) is 24.3 Å². The summed E-state index contributed by atoms with van der Waals surface area (Å²) in [6, 6.07) is 13.3. The Balaban J connectivity index is 1.83. The molecule has 1 amide bonds. The van der Waals surface area contributed by atoms with Crippen LogP contribution in [0.25, 0.3) is 10.8 Å². The highest BCUT2D eigenvalue weighted by Crippen LogP contribution is 2.17. The Morgan fingerprint density at radius 2 is 1.89 bits per heavy atom. The molecule has 7 nitrogen and oxygen atoms in total. The van der Waals surface area contributed by atoms with Gasteiger partial charge in [-0.1, -0.05) is 35.9 Å². The maximum atomic E-state index is 12.7. The first-order chi connectivity index (χ1) is 13.4. The van der Waals surface area contributed by atoms with Gasteiger partial charge in [0.05, 0.1) is 5.39 Å². The number of benzene rings is 2. The van der Waals surface area contributed by atoms with E-state index in [0.29, 0.717) is 28.0 Å². The standard InChI is InChI=1S/C20H18ClN3O4/c1-3-24-19(26)16-10-5-4-9-15(16)17(23-24)20(27)28-12(2)18(25)22-14-8-6-7-13(21)11-14/h4-12H,3H2,1-2H3,(H,22,25)/t12-/m0/s1. The van der Waals surface area contributed by atoms with Gasteiger partial charge in [-0.3, -0.25) is 9.59 Å². The highest BCUT2D eigenvalue weighted by Gasteiger charge is 2.23. The third-order valence-electron chi connectivity index (χ3n) is 4.11. The topological polar surface area (TPSA) is 90.3 Å². The lowest BCUT2D eigenvalue weighted by Gasteiger charge is -2.15. The van der Waals surface area contributed by atoms with Gasteiger partial charge in [-0.2, -0.15) is 5.10 Å². The van der Waals surface area contributed by atoms with Gasteiger partial charge in [-0.25, -0.2) is 9.48 Å². The van der Waals surface area contributed by atoms with Crippen LogP contribution in [-0.4, -0.2) is 27.8 Å². The summed E-state index contributed by atoms with van der Waals surface area (Å²) >= 11 is 5.90. The third kappa shape index (κ3) is 4.04. The van der Waals surface area contributed by atoms with Crippen LogP contribution in [0.3, 0.4) is 0 Å². The van der Waals surface area contributed by atoms with Crippen LogP contribution in [0.2, 0.25) is 5.02 Å². The van der Waals surface area contributed by atoms with Gasteiger partial charge in [-0.15, -0.1) is 0 Å². The molecule has 28 heavy (non-hydrogen) atoms. The van der Waals surface area contributed by atoms with Crippen LogP contribution in [0.15, 0.2) is 53.3 Å². The van der Waals surface area contributed by atoms with Crippen LogP contribution in [0.4, 0.5) is 5.69 Å². The molecule has 8 heteroatoms. The Morgan fingerprint density at radius 1 is 1.18 bits per heavy atom. The smallest absolute Gasteiger partial charge is 0.360 e. The fraction of sp³-hybridized carbons (Fsp3) is 0.200. The van der Waals surface area contributed by atoms with Gasteiger partial charge in [0.1, 0.15) is 0 Å². The number of nitrogens with one attached hydrogen (secondary N) is 1. The van der Waals surface area contributed by atoms with E-state index in [-0.39, 0.29) is 11.3 Å². The molecule has 0 bridgehead atoms. The second-order valence-corrected chi connectivity index (χ2v) is 6.50. The number of carbonyl (C=O) groups excluding carboxylic acids is 2. The molecule has 0 radical (unpaired) electrons. The van der Waals surface area contributed by atoms with Crippen LogP contribution < -0.4 is 10.9 Å². The maximum absolute atomic E-state index is 12.7. The fourth-order valence-electron chi connectivity index (χ4n) is 2.68. The van der Waals surface area contributed by atoms with Gasteiger partial charge in [0, 0.05) is 22.6 Å². The molecule has 1 heterocycles. The molecule has 144 valence electrons. The Bertz CT molecular complexity index is 1110. The Hall–Kier alpha value is -3.19. The molecule has 0 aliphatic carbocycles. The van der Waals surface area contributed by atoms with E-state index in [9.17, 15) is 14.4 Å². The van der Waals surface area contributed by atoms with Gasteiger partial charge in [0.2, 0.25) is 0 Å². The molecule has 1 atom stereocenters. The largest absolute Gasteiger partial charge is 0.448 e. The van der Waals surface area contributed by atoms with Crippen molar-refractivity contribution in [2.24, 2.45) is 0 Å². The normalized spacial score (nSPS) is 11.8. The van der Waals surface area contributed by atoms with E-state index in [4.69, 9.17) is 16.3 Å². The number of anilines is 1. The third-order valence-corrected chi connectivity index (χ3v) is 4.34. The van der Waals surface area contributed by atoms with Crippen molar-refractivity contribution in [2.75, 3.05) is 5.32 Å². The number of rotatable bonds is 5. The molecule has 0 saturated heterocycles. The monoisotopic (exact) mass is 399 g/mol. The average molecular weight is 400 g/mol. The van der Waals surface area contributed by atoms with Crippen molar-refractivity contribution in [3.63, 3.8) is 0 Å². The average Bonchev–Trinajstić information content (AvgIpc) is 2.68. The van der Waals surface area contributed by atoms with E-state index in [1.165, 1.54) is 11.6 Å². The second kappa shape index (κ2) is 8.22. The van der Waals surface area contributed by atoms with Crippen molar-refractivity contribution in [3.8, 4) is 0 Å². The summed E-state index contributed by atoms with van der Waals surface area (Å²) in [5.41, 5.74) is 0.185. The quantitative estimate of drug-likeness (QED) is 0.665. The van der Waals surface area contributed by atoms with Gasteiger partial charge >= 0.3 is 5.97 Å². The minimum atomic E-state index is -1.07. The zero-order valence-electron chi connectivity index (χ0n) is 15.3. The first-order valence-electron chi connectivity index (χ1n) is 8.68. The lowest BCUT2D eigenvalue weighted by molar-refractivity contribution is -0.123. The SMILES string of the molecule is CCn1nc(C(=O)O[C@@H](C)C(=O)Nc2cccc(Cl)c2)c2ccccc2c1=O. The van der Waals surface area contributed by atoms with E-state index in [2.05, 4.69) is 10.4 Å². The molecule has 0 aliphatic rings. The number of hydrogen-bond acceptors (Lipinski definition) is 5. The molecular weight excluding hydrogens is 382 g/mol. The van der Waals surface area contributed by atoms with Crippen LogP contribution >= 0.6 is 11.6 Å². The van der Waals surface area contributed by atoms with E-state index < -0.39 is 18.0 Å². The molecule has 1 N–H and O–H groups in total. The summed E-state index contributed by atoms with van der Waals surface area (Å²) < 4.78 is 6.48. The molecule has 3 aromatic rings. The van der Waals surface area contributed by atoms with Crippen LogP contribution in [0.5, 0.6) is 0 Å². The van der Waals surface area contributed by atoms with Crippen LogP contribution in [-0.2, 0) is 16.1 Å². The molecular formula is C20H18ClN3O4. The van der Waals surface area contributed by atoms with Gasteiger partial charge in [0.25, 0.3) is 11.5 Å². The number of halogens is 1. The van der Waals surface area contributed by atoms with Crippen molar-refractivity contribution in [2.45, 2.75) is 26.5 Å². The molecule has 1 aromatic heterocycles. The van der Waals surface area contributed by atoms with Crippen molar-refractivity contribution in [1.82, 2.24) is 9.78 Å². The number of hydrogen-bond donors (Lipinski definition) is 1. The maximum Gasteiger partial charge on any atom is 0.360 e. The number of esters is 1. The van der Waals surface area contributed by atoms with Crippen molar-refractivity contribution in [3.05, 3.63) is 69.6 Å². The zero-order chi connectivity index (χ0) is 20.3. The zero-order valence-corrected chi connectivity index (χ0v) is 16.1. The van der Waals surface area contributed by atoms with Crippen molar-refractivity contribution < 1.29 is 14.3 Å². The van der Waals surface area contributed by atoms with E-state index in [1.54, 1.807) is 55.5 Å². The Labute approximate surface area is 165 Å². The molecule has 3 rings (SSSR count). The molecule has 0 aliphatic heterocycles. The minimum Gasteiger partial charge on any atom is -0.448 e. The Kier molecular flexibility index (Phi) is 5.75. The summed E-state index contributed by atoms with van der Waals surface area (Å²) in [7, 11) is 0. The van der Waals surface area contributed by atoms with E-state index >= 15 is 0 Å². The fourth-order valence-corrected chi connectivity index (χ4v) is 2.87.